The zero-order valence-electron chi connectivity index (χ0n) is 11.3. The van der Waals surface area contributed by atoms with Gasteiger partial charge in [-0.1, -0.05) is 0 Å². The van der Waals surface area contributed by atoms with Gasteiger partial charge in [0.2, 0.25) is 5.91 Å². The van der Waals surface area contributed by atoms with E-state index in [2.05, 4.69) is 15.3 Å². The first kappa shape index (κ1) is 11.6. The van der Waals surface area contributed by atoms with Crippen molar-refractivity contribution in [1.29, 1.82) is 0 Å². The number of nitrogens with zero attached hydrogens (tertiary/aromatic N) is 6. The Morgan fingerprint density at radius 2 is 2.30 bits per heavy atom. The number of carbonyl (C=O) groups is 1. The van der Waals surface area contributed by atoms with Gasteiger partial charge < -0.3 is 4.90 Å². The molecule has 0 radical (unpaired) electrons. The molecule has 0 aliphatic carbocycles. The highest BCUT2D eigenvalue weighted by Crippen LogP contribution is 2.38. The van der Waals surface area contributed by atoms with Gasteiger partial charge in [0, 0.05) is 18.9 Å². The van der Waals surface area contributed by atoms with Gasteiger partial charge in [0.15, 0.2) is 11.6 Å². The Kier molecular flexibility index (Phi) is 2.42. The van der Waals surface area contributed by atoms with Crippen LogP contribution in [0.3, 0.4) is 0 Å². The SMILES string of the molecule is C[C@H]1C(=O)N2CCC[C@H]2c2nnc(Cn3cccn3)n21. The van der Waals surface area contributed by atoms with Gasteiger partial charge in [-0.2, -0.15) is 5.10 Å². The molecule has 4 heterocycles. The number of fused-ring (bicyclic) bond motifs is 3. The summed E-state index contributed by atoms with van der Waals surface area (Å²) in [5.74, 6) is 1.91. The van der Waals surface area contributed by atoms with Crippen LogP contribution in [0.4, 0.5) is 0 Å². The Balaban J connectivity index is 1.76. The zero-order valence-corrected chi connectivity index (χ0v) is 11.3. The van der Waals surface area contributed by atoms with E-state index in [1.54, 1.807) is 10.9 Å². The minimum Gasteiger partial charge on any atom is -0.331 e. The fourth-order valence-electron chi connectivity index (χ4n) is 3.28. The second-order valence-corrected chi connectivity index (χ2v) is 5.41. The van der Waals surface area contributed by atoms with Gasteiger partial charge in [0.1, 0.15) is 12.6 Å². The van der Waals surface area contributed by atoms with E-state index in [0.717, 1.165) is 31.0 Å². The second-order valence-electron chi connectivity index (χ2n) is 5.41. The summed E-state index contributed by atoms with van der Waals surface area (Å²) in [5.41, 5.74) is 0. The van der Waals surface area contributed by atoms with Crippen molar-refractivity contribution in [3.05, 3.63) is 30.1 Å². The number of hydrogen-bond acceptors (Lipinski definition) is 4. The highest BCUT2D eigenvalue weighted by atomic mass is 16.2. The van der Waals surface area contributed by atoms with Crippen molar-refractivity contribution in [2.24, 2.45) is 0 Å². The second kappa shape index (κ2) is 4.16. The van der Waals surface area contributed by atoms with Gasteiger partial charge in [0.25, 0.3) is 0 Å². The van der Waals surface area contributed by atoms with Crippen LogP contribution in [0.1, 0.15) is 43.5 Å². The third-order valence-corrected chi connectivity index (χ3v) is 4.23. The minimum absolute atomic E-state index is 0.109. The van der Waals surface area contributed by atoms with Crippen LogP contribution in [0.15, 0.2) is 18.5 Å². The molecule has 20 heavy (non-hydrogen) atoms. The standard InChI is InChI=1S/C13H16N6O/c1-9-13(20)18-7-2-4-10(18)12-16-15-11(19(9)12)8-17-6-3-5-14-17/h3,5-6,9-10H,2,4,7-8H2,1H3/t9-,10-/m0/s1. The monoisotopic (exact) mass is 272 g/mol. The Morgan fingerprint density at radius 1 is 1.40 bits per heavy atom. The quantitative estimate of drug-likeness (QED) is 0.809. The fraction of sp³-hybridized carbons (Fsp3) is 0.538. The van der Waals surface area contributed by atoms with Crippen molar-refractivity contribution in [1.82, 2.24) is 29.4 Å². The summed E-state index contributed by atoms with van der Waals surface area (Å²) < 4.78 is 3.80. The molecule has 0 aromatic carbocycles. The third-order valence-electron chi connectivity index (χ3n) is 4.23. The molecule has 4 rings (SSSR count). The van der Waals surface area contributed by atoms with E-state index in [4.69, 9.17) is 0 Å². The van der Waals surface area contributed by atoms with E-state index in [0.29, 0.717) is 6.54 Å². The van der Waals surface area contributed by atoms with Crippen LogP contribution < -0.4 is 0 Å². The molecule has 2 aromatic rings. The molecule has 1 amide bonds. The van der Waals surface area contributed by atoms with Crippen LogP contribution in [0.2, 0.25) is 0 Å². The molecular weight excluding hydrogens is 256 g/mol. The van der Waals surface area contributed by atoms with Crippen LogP contribution in [0.5, 0.6) is 0 Å². The maximum absolute atomic E-state index is 12.4. The molecule has 0 unspecified atom stereocenters. The Bertz CT molecular complexity index is 646. The summed E-state index contributed by atoms with van der Waals surface area (Å²) in [4.78, 5) is 14.4. The van der Waals surface area contributed by atoms with Crippen LogP contribution in [0.25, 0.3) is 0 Å². The van der Waals surface area contributed by atoms with Crippen LogP contribution >= 0.6 is 0 Å². The molecule has 0 N–H and O–H groups in total. The molecule has 104 valence electrons. The lowest BCUT2D eigenvalue weighted by atomic mass is 10.1. The molecule has 1 fully saturated rings. The topological polar surface area (TPSA) is 68.8 Å². The lowest BCUT2D eigenvalue weighted by Gasteiger charge is -2.34. The van der Waals surface area contributed by atoms with Crippen LogP contribution in [-0.4, -0.2) is 41.9 Å². The number of aromatic nitrogens is 5. The molecule has 0 saturated carbocycles. The van der Waals surface area contributed by atoms with Gasteiger partial charge >= 0.3 is 0 Å². The summed E-state index contributed by atoms with van der Waals surface area (Å²) in [7, 11) is 0. The Hall–Kier alpha value is -2.18. The molecule has 2 aliphatic rings. The van der Waals surface area contributed by atoms with E-state index >= 15 is 0 Å². The molecule has 2 aromatic heterocycles. The van der Waals surface area contributed by atoms with Crippen molar-refractivity contribution in [3.63, 3.8) is 0 Å². The maximum atomic E-state index is 12.4. The number of hydrogen-bond donors (Lipinski definition) is 0. The first-order valence-electron chi connectivity index (χ1n) is 6.97. The van der Waals surface area contributed by atoms with E-state index in [1.165, 1.54) is 0 Å². The van der Waals surface area contributed by atoms with Gasteiger partial charge in [-0.05, 0) is 25.8 Å². The first-order chi connectivity index (χ1) is 9.75. The van der Waals surface area contributed by atoms with Crippen molar-refractivity contribution >= 4 is 5.91 Å². The summed E-state index contributed by atoms with van der Waals surface area (Å²) in [6.07, 6.45) is 5.66. The largest absolute Gasteiger partial charge is 0.331 e. The normalized spacial score (nSPS) is 24.9. The maximum Gasteiger partial charge on any atom is 0.246 e. The predicted molar refractivity (Wildman–Crippen MR) is 69.8 cm³/mol. The molecule has 2 aliphatic heterocycles. The molecule has 1 saturated heterocycles. The van der Waals surface area contributed by atoms with Crippen LogP contribution in [0, 0.1) is 0 Å². The first-order valence-corrected chi connectivity index (χ1v) is 6.97. The molecule has 7 nitrogen and oxygen atoms in total. The van der Waals surface area contributed by atoms with Gasteiger partial charge in [0.05, 0.1) is 6.04 Å². The number of carbonyl (C=O) groups excluding carboxylic acids is 1. The Labute approximate surface area is 116 Å². The van der Waals surface area contributed by atoms with E-state index in [-0.39, 0.29) is 18.0 Å². The fourth-order valence-corrected chi connectivity index (χ4v) is 3.28. The Morgan fingerprint density at radius 3 is 3.10 bits per heavy atom. The molecule has 0 bridgehead atoms. The van der Waals surface area contributed by atoms with E-state index in [1.807, 2.05) is 28.7 Å². The third kappa shape index (κ3) is 1.52. The summed E-state index contributed by atoms with van der Waals surface area (Å²) in [6, 6.07) is 1.76. The van der Waals surface area contributed by atoms with E-state index < -0.39 is 0 Å². The summed E-state index contributed by atoms with van der Waals surface area (Å²) >= 11 is 0. The van der Waals surface area contributed by atoms with Gasteiger partial charge in [-0.3, -0.25) is 14.0 Å². The number of amides is 1. The molecule has 7 heteroatoms. The minimum atomic E-state index is -0.222. The summed E-state index contributed by atoms with van der Waals surface area (Å²) in [5, 5.41) is 12.8. The van der Waals surface area contributed by atoms with E-state index in [9.17, 15) is 4.79 Å². The highest BCUT2D eigenvalue weighted by molar-refractivity contribution is 5.82. The summed E-state index contributed by atoms with van der Waals surface area (Å²) in [6.45, 7) is 3.32. The zero-order chi connectivity index (χ0) is 13.7. The average molecular weight is 272 g/mol. The van der Waals surface area contributed by atoms with Crippen molar-refractivity contribution in [3.8, 4) is 0 Å². The number of rotatable bonds is 2. The molecule has 2 atom stereocenters. The average Bonchev–Trinajstić information content (AvgIpc) is 3.16. The van der Waals surface area contributed by atoms with Gasteiger partial charge in [-0.15, -0.1) is 10.2 Å². The van der Waals surface area contributed by atoms with Crippen LogP contribution in [-0.2, 0) is 11.3 Å². The van der Waals surface area contributed by atoms with Crippen molar-refractivity contribution in [2.45, 2.75) is 38.4 Å². The molecule has 0 spiro atoms. The predicted octanol–water partition coefficient (Wildman–Crippen LogP) is 0.761. The highest BCUT2D eigenvalue weighted by Gasteiger charge is 2.42. The van der Waals surface area contributed by atoms with Crippen molar-refractivity contribution in [2.75, 3.05) is 6.54 Å². The molecular formula is C13H16N6O. The lowest BCUT2D eigenvalue weighted by Crippen LogP contribution is -2.42. The van der Waals surface area contributed by atoms with Gasteiger partial charge in [-0.25, -0.2) is 0 Å². The van der Waals surface area contributed by atoms with Crippen molar-refractivity contribution < 1.29 is 4.79 Å². The lowest BCUT2D eigenvalue weighted by molar-refractivity contribution is -0.137. The smallest absolute Gasteiger partial charge is 0.246 e.